The summed E-state index contributed by atoms with van der Waals surface area (Å²) in [6, 6.07) is 0. The monoisotopic (exact) mass is 448 g/mol. The van der Waals surface area contributed by atoms with Gasteiger partial charge in [0.2, 0.25) is 0 Å². The number of carbonyl (C=O) groups is 1. The Morgan fingerprint density at radius 2 is 1.91 bits per heavy atom. The first-order chi connectivity index (χ1) is 15.6. The van der Waals surface area contributed by atoms with Crippen LogP contribution in [0.25, 0.3) is 0 Å². The fraction of sp³-hybridized carbons (Fsp3) is 0.808. The van der Waals surface area contributed by atoms with E-state index in [4.69, 9.17) is 23.7 Å². The maximum absolute atomic E-state index is 11.9. The van der Waals surface area contributed by atoms with Gasteiger partial charge in [0, 0.05) is 31.5 Å². The second kappa shape index (κ2) is 11.8. The van der Waals surface area contributed by atoms with Crippen molar-refractivity contribution < 1.29 is 28.5 Å². The number of allylic oxidation sites excluding steroid dienone is 3. The van der Waals surface area contributed by atoms with Gasteiger partial charge >= 0.3 is 5.97 Å². The zero-order valence-corrected chi connectivity index (χ0v) is 19.7. The predicted molar refractivity (Wildman–Crippen MR) is 121 cm³/mol. The molecule has 3 saturated heterocycles. The molecule has 7 atom stereocenters. The molecule has 0 N–H and O–H groups in total. The van der Waals surface area contributed by atoms with Crippen LogP contribution in [0, 0.1) is 11.8 Å². The van der Waals surface area contributed by atoms with Gasteiger partial charge in [-0.2, -0.15) is 0 Å². The van der Waals surface area contributed by atoms with Crippen molar-refractivity contribution >= 4 is 5.97 Å². The van der Waals surface area contributed by atoms with Gasteiger partial charge in [0.1, 0.15) is 12.2 Å². The third-order valence-electron chi connectivity index (χ3n) is 7.03. The molecule has 4 fully saturated rings. The quantitative estimate of drug-likeness (QED) is 0.279. The third kappa shape index (κ3) is 6.43. The lowest BCUT2D eigenvalue weighted by atomic mass is 9.91. The summed E-state index contributed by atoms with van der Waals surface area (Å²) in [5, 5.41) is 0. The van der Waals surface area contributed by atoms with Gasteiger partial charge in [0.25, 0.3) is 0 Å². The summed E-state index contributed by atoms with van der Waals surface area (Å²) in [6.07, 6.45) is 15.7. The topological polar surface area (TPSA) is 63.2 Å². The van der Waals surface area contributed by atoms with Crippen molar-refractivity contribution in [1.82, 2.24) is 0 Å². The van der Waals surface area contributed by atoms with Crippen LogP contribution >= 0.6 is 0 Å². The third-order valence-corrected chi connectivity index (χ3v) is 7.03. The average molecular weight is 449 g/mol. The Morgan fingerprint density at radius 3 is 2.72 bits per heavy atom. The molecule has 1 saturated carbocycles. The molecule has 0 aromatic carbocycles. The minimum absolute atomic E-state index is 0.0198. The largest absolute Gasteiger partial charge is 0.462 e. The maximum Gasteiger partial charge on any atom is 0.306 e. The minimum Gasteiger partial charge on any atom is -0.462 e. The predicted octanol–water partition coefficient (Wildman–Crippen LogP) is 5.06. The molecule has 1 aliphatic carbocycles. The van der Waals surface area contributed by atoms with Gasteiger partial charge < -0.3 is 23.7 Å². The first-order valence-electron chi connectivity index (χ1n) is 12.6. The number of hydrogen-bond acceptors (Lipinski definition) is 6. The lowest BCUT2D eigenvalue weighted by Gasteiger charge is -2.37. The highest BCUT2D eigenvalue weighted by molar-refractivity contribution is 5.72. The fourth-order valence-corrected chi connectivity index (χ4v) is 5.36. The summed E-state index contributed by atoms with van der Waals surface area (Å²) in [5.74, 6) is 0.295. The first kappa shape index (κ1) is 23.9. The summed E-state index contributed by atoms with van der Waals surface area (Å²) in [5.41, 5.74) is 1.37. The second-order valence-corrected chi connectivity index (χ2v) is 9.88. The van der Waals surface area contributed by atoms with E-state index in [0.717, 1.165) is 64.4 Å². The Kier molecular flexibility index (Phi) is 8.81. The lowest BCUT2D eigenvalue weighted by molar-refractivity contribution is -0.288. The van der Waals surface area contributed by atoms with Crippen molar-refractivity contribution in [3.8, 4) is 0 Å². The standard InChI is InChI=1S/C26H40O6/c1-18(2)10-5-3-4-6-11-19-20-16-24(27)30-23(20)17-22(19)32-26-21(12-9-15-29-26)31-25-13-7-8-14-28-25/h6,10-11,19-23,25-26H,3-5,7-9,12-17H2,1-2H3/b11-6+/t19-,20-,21+,22-,23+,25?,26?/m1/s1. The smallest absolute Gasteiger partial charge is 0.306 e. The van der Waals surface area contributed by atoms with Crippen LogP contribution < -0.4 is 0 Å². The summed E-state index contributed by atoms with van der Waals surface area (Å²) in [4.78, 5) is 11.9. The van der Waals surface area contributed by atoms with Crippen molar-refractivity contribution in [2.24, 2.45) is 11.8 Å². The van der Waals surface area contributed by atoms with E-state index >= 15 is 0 Å². The van der Waals surface area contributed by atoms with Gasteiger partial charge in [0.05, 0.1) is 12.5 Å². The SMILES string of the molecule is CC(C)=CCCC/C=C/[C@@H]1[C@H]2CC(=O)O[C@H]2C[C@H]1OC1OCCC[C@@H]1OC1CCCCO1. The Bertz CT molecular complexity index is 663. The van der Waals surface area contributed by atoms with Crippen LogP contribution in [0.1, 0.15) is 78.1 Å². The number of carbonyl (C=O) groups excluding carboxylic acids is 1. The lowest BCUT2D eigenvalue weighted by Crippen LogP contribution is -2.44. The van der Waals surface area contributed by atoms with E-state index < -0.39 is 0 Å². The fourth-order valence-electron chi connectivity index (χ4n) is 5.36. The molecule has 0 aromatic rings. The van der Waals surface area contributed by atoms with Gasteiger partial charge in [0.15, 0.2) is 12.6 Å². The molecule has 0 amide bonds. The molecule has 6 nitrogen and oxygen atoms in total. The molecule has 4 rings (SSSR count). The van der Waals surface area contributed by atoms with E-state index in [1.165, 1.54) is 5.57 Å². The zero-order chi connectivity index (χ0) is 22.3. The molecular weight excluding hydrogens is 408 g/mol. The molecule has 2 unspecified atom stereocenters. The van der Waals surface area contributed by atoms with Crippen LogP contribution in [0.2, 0.25) is 0 Å². The van der Waals surface area contributed by atoms with Crippen molar-refractivity contribution in [1.29, 1.82) is 0 Å². The Labute approximate surface area is 192 Å². The summed E-state index contributed by atoms with van der Waals surface area (Å²) >= 11 is 0. The van der Waals surface area contributed by atoms with E-state index in [2.05, 4.69) is 32.1 Å². The number of esters is 1. The van der Waals surface area contributed by atoms with Crippen molar-refractivity contribution in [3.05, 3.63) is 23.8 Å². The Balaban J connectivity index is 1.36. The molecule has 0 spiro atoms. The highest BCUT2D eigenvalue weighted by Gasteiger charge is 2.51. The van der Waals surface area contributed by atoms with Crippen LogP contribution in [0.15, 0.2) is 23.8 Å². The number of hydrogen-bond donors (Lipinski definition) is 0. The molecule has 3 aliphatic heterocycles. The van der Waals surface area contributed by atoms with Crippen molar-refractivity contribution in [2.75, 3.05) is 13.2 Å². The highest BCUT2D eigenvalue weighted by atomic mass is 16.7. The molecule has 4 aliphatic rings. The number of ether oxygens (including phenoxy) is 5. The molecule has 0 bridgehead atoms. The summed E-state index contributed by atoms with van der Waals surface area (Å²) in [7, 11) is 0. The second-order valence-electron chi connectivity index (χ2n) is 9.88. The van der Waals surface area contributed by atoms with E-state index in [-0.39, 0.29) is 48.7 Å². The van der Waals surface area contributed by atoms with E-state index in [0.29, 0.717) is 13.0 Å². The Morgan fingerprint density at radius 1 is 1.03 bits per heavy atom. The Hall–Kier alpha value is -1.21. The van der Waals surface area contributed by atoms with Gasteiger partial charge in [-0.1, -0.05) is 23.8 Å². The molecule has 180 valence electrons. The number of fused-ring (bicyclic) bond motifs is 1. The molecular formula is C26H40O6. The van der Waals surface area contributed by atoms with Gasteiger partial charge in [-0.15, -0.1) is 0 Å². The summed E-state index contributed by atoms with van der Waals surface area (Å²) < 4.78 is 30.2. The maximum atomic E-state index is 11.9. The van der Waals surface area contributed by atoms with Crippen LogP contribution in [0.5, 0.6) is 0 Å². The number of rotatable bonds is 9. The first-order valence-corrected chi connectivity index (χ1v) is 12.6. The summed E-state index contributed by atoms with van der Waals surface area (Å²) in [6.45, 7) is 5.73. The van der Waals surface area contributed by atoms with Gasteiger partial charge in [-0.3, -0.25) is 4.79 Å². The van der Waals surface area contributed by atoms with Gasteiger partial charge in [-0.25, -0.2) is 0 Å². The van der Waals surface area contributed by atoms with Crippen molar-refractivity contribution in [2.45, 2.75) is 109 Å². The highest BCUT2D eigenvalue weighted by Crippen LogP contribution is 2.44. The molecule has 0 radical (unpaired) electrons. The van der Waals surface area contributed by atoms with Gasteiger partial charge in [-0.05, 0) is 65.2 Å². The average Bonchev–Trinajstić information content (AvgIpc) is 3.28. The van der Waals surface area contributed by atoms with Crippen LogP contribution in [-0.2, 0) is 28.5 Å². The van der Waals surface area contributed by atoms with Crippen molar-refractivity contribution in [3.63, 3.8) is 0 Å². The molecule has 0 aromatic heterocycles. The van der Waals surface area contributed by atoms with E-state index in [1.54, 1.807) is 0 Å². The minimum atomic E-state index is -0.387. The number of unbranched alkanes of at least 4 members (excludes halogenated alkanes) is 2. The van der Waals surface area contributed by atoms with Crippen LogP contribution in [0.4, 0.5) is 0 Å². The zero-order valence-electron chi connectivity index (χ0n) is 19.7. The molecule has 6 heteroatoms. The normalized spacial score (nSPS) is 37.4. The van der Waals surface area contributed by atoms with E-state index in [9.17, 15) is 4.79 Å². The van der Waals surface area contributed by atoms with E-state index in [1.807, 2.05) is 0 Å². The van der Waals surface area contributed by atoms with Crippen LogP contribution in [0.3, 0.4) is 0 Å². The molecule has 3 heterocycles. The van der Waals surface area contributed by atoms with Crippen LogP contribution in [-0.4, -0.2) is 50.1 Å². The molecule has 32 heavy (non-hydrogen) atoms.